The maximum Gasteiger partial charge on any atom is 0.251 e. The van der Waals surface area contributed by atoms with Gasteiger partial charge in [-0.2, -0.15) is 0 Å². The number of hydrogen-bond donors (Lipinski definition) is 3. The minimum atomic E-state index is -0.0661. The van der Waals surface area contributed by atoms with Gasteiger partial charge in [-0.15, -0.1) is 0 Å². The van der Waals surface area contributed by atoms with E-state index in [0.29, 0.717) is 30.5 Å². The van der Waals surface area contributed by atoms with E-state index in [9.17, 15) is 4.79 Å². The summed E-state index contributed by atoms with van der Waals surface area (Å²) in [6.45, 7) is 6.91. The zero-order chi connectivity index (χ0) is 17.2. The van der Waals surface area contributed by atoms with Gasteiger partial charge in [-0.05, 0) is 37.7 Å². The van der Waals surface area contributed by atoms with Crippen molar-refractivity contribution in [1.29, 1.82) is 0 Å². The van der Waals surface area contributed by atoms with E-state index in [1.807, 2.05) is 37.2 Å². The first-order valence-electron chi connectivity index (χ1n) is 7.94. The van der Waals surface area contributed by atoms with Crippen molar-refractivity contribution >= 4 is 11.9 Å². The quantitative estimate of drug-likeness (QED) is 0.494. The minimum Gasteiger partial charge on any atom is -0.370 e. The molecule has 4 N–H and O–H groups in total. The second kappa shape index (κ2) is 9.84. The number of nitrogens with two attached hydrogens (primary N) is 1. The van der Waals surface area contributed by atoms with E-state index >= 15 is 0 Å². The lowest BCUT2D eigenvalue weighted by Gasteiger charge is -2.11. The van der Waals surface area contributed by atoms with Gasteiger partial charge in [-0.3, -0.25) is 4.79 Å². The summed E-state index contributed by atoms with van der Waals surface area (Å²) in [6.07, 6.45) is 0. The van der Waals surface area contributed by atoms with Gasteiger partial charge in [0, 0.05) is 25.2 Å². The van der Waals surface area contributed by atoms with Crippen LogP contribution < -0.4 is 16.4 Å². The summed E-state index contributed by atoms with van der Waals surface area (Å²) in [4.78, 5) is 18.4. The number of aliphatic imine (C=N–C) groups is 1. The second-order valence-corrected chi connectivity index (χ2v) is 6.24. The molecular weight excluding hydrogens is 290 g/mol. The number of amides is 1. The van der Waals surface area contributed by atoms with Crippen molar-refractivity contribution in [3.63, 3.8) is 0 Å². The Kier molecular flexibility index (Phi) is 8.11. The molecule has 0 fully saturated rings. The molecule has 0 aliphatic heterocycles. The van der Waals surface area contributed by atoms with Crippen molar-refractivity contribution in [2.75, 3.05) is 33.7 Å². The van der Waals surface area contributed by atoms with Crippen molar-refractivity contribution in [3.05, 3.63) is 35.4 Å². The summed E-state index contributed by atoms with van der Waals surface area (Å²) < 4.78 is 0. The molecule has 128 valence electrons. The number of carbonyl (C=O) groups excluding carboxylic acids is 1. The molecule has 0 bridgehead atoms. The van der Waals surface area contributed by atoms with E-state index in [1.54, 1.807) is 6.07 Å². The molecule has 0 atom stereocenters. The number of hydrogen-bond acceptors (Lipinski definition) is 3. The Labute approximate surface area is 139 Å². The molecular formula is C17H29N5O. The van der Waals surface area contributed by atoms with Gasteiger partial charge in [0.1, 0.15) is 0 Å². The molecule has 0 aliphatic rings. The van der Waals surface area contributed by atoms with Crippen LogP contribution in [0.5, 0.6) is 0 Å². The number of rotatable bonds is 8. The molecule has 23 heavy (non-hydrogen) atoms. The Hall–Kier alpha value is -2.08. The standard InChI is InChI=1S/C17H29N5O/c1-13(2)11-20-17(18)21-12-14-6-5-7-15(10-14)16(23)19-8-9-22(3)4/h5-7,10,13H,8-9,11-12H2,1-4H3,(H,19,23)(H3,18,20,21). The zero-order valence-electron chi connectivity index (χ0n) is 14.6. The third-order valence-corrected chi connectivity index (χ3v) is 3.16. The molecule has 6 heteroatoms. The highest BCUT2D eigenvalue weighted by atomic mass is 16.1. The van der Waals surface area contributed by atoms with Crippen LogP contribution >= 0.6 is 0 Å². The van der Waals surface area contributed by atoms with E-state index in [-0.39, 0.29) is 5.91 Å². The van der Waals surface area contributed by atoms with Crippen molar-refractivity contribution in [2.24, 2.45) is 16.6 Å². The van der Waals surface area contributed by atoms with Gasteiger partial charge in [0.25, 0.3) is 5.91 Å². The molecule has 0 aromatic heterocycles. The van der Waals surface area contributed by atoms with Crippen LogP contribution in [0.2, 0.25) is 0 Å². The number of benzene rings is 1. The average Bonchev–Trinajstić information content (AvgIpc) is 2.50. The highest BCUT2D eigenvalue weighted by molar-refractivity contribution is 5.94. The molecule has 0 saturated carbocycles. The first kappa shape index (κ1) is 19.0. The van der Waals surface area contributed by atoms with Gasteiger partial charge in [-0.1, -0.05) is 26.0 Å². The lowest BCUT2D eigenvalue weighted by Crippen LogP contribution is -2.34. The number of nitrogens with one attached hydrogen (secondary N) is 2. The topological polar surface area (TPSA) is 82.7 Å². The zero-order valence-corrected chi connectivity index (χ0v) is 14.6. The van der Waals surface area contributed by atoms with Crippen LogP contribution in [0.15, 0.2) is 29.3 Å². The Morgan fingerprint density at radius 3 is 2.70 bits per heavy atom. The van der Waals surface area contributed by atoms with Gasteiger partial charge < -0.3 is 21.3 Å². The molecule has 0 radical (unpaired) electrons. The monoisotopic (exact) mass is 319 g/mol. The normalized spacial score (nSPS) is 11.8. The first-order valence-corrected chi connectivity index (χ1v) is 7.94. The second-order valence-electron chi connectivity index (χ2n) is 6.24. The molecule has 1 rings (SSSR count). The molecule has 1 aromatic carbocycles. The fourth-order valence-corrected chi connectivity index (χ4v) is 1.85. The lowest BCUT2D eigenvalue weighted by atomic mass is 10.1. The fraction of sp³-hybridized carbons (Fsp3) is 0.529. The van der Waals surface area contributed by atoms with E-state index in [1.165, 1.54) is 0 Å². The molecule has 0 spiro atoms. The summed E-state index contributed by atoms with van der Waals surface area (Å²) in [5.74, 6) is 0.876. The Balaban J connectivity index is 2.55. The Bertz CT molecular complexity index is 525. The highest BCUT2D eigenvalue weighted by Gasteiger charge is 2.06. The van der Waals surface area contributed by atoms with E-state index in [4.69, 9.17) is 5.73 Å². The van der Waals surface area contributed by atoms with Crippen molar-refractivity contribution in [2.45, 2.75) is 20.4 Å². The number of guanidine groups is 1. The predicted octanol–water partition coefficient (Wildman–Crippen LogP) is 1.04. The van der Waals surface area contributed by atoms with Gasteiger partial charge in [-0.25, -0.2) is 4.99 Å². The van der Waals surface area contributed by atoms with Crippen LogP contribution in [0, 0.1) is 5.92 Å². The summed E-state index contributed by atoms with van der Waals surface area (Å²) in [7, 11) is 3.95. The summed E-state index contributed by atoms with van der Waals surface area (Å²) in [5.41, 5.74) is 7.42. The molecule has 6 nitrogen and oxygen atoms in total. The third-order valence-electron chi connectivity index (χ3n) is 3.16. The third kappa shape index (κ3) is 8.21. The summed E-state index contributed by atoms with van der Waals surface area (Å²) in [6, 6.07) is 7.46. The maximum atomic E-state index is 12.1. The average molecular weight is 319 g/mol. The smallest absolute Gasteiger partial charge is 0.251 e. The van der Waals surface area contributed by atoms with Gasteiger partial charge >= 0.3 is 0 Å². The van der Waals surface area contributed by atoms with Crippen molar-refractivity contribution in [3.8, 4) is 0 Å². The minimum absolute atomic E-state index is 0.0661. The van der Waals surface area contributed by atoms with Gasteiger partial charge in [0.2, 0.25) is 0 Å². The first-order chi connectivity index (χ1) is 10.9. The van der Waals surface area contributed by atoms with Crippen molar-refractivity contribution < 1.29 is 4.79 Å². The lowest BCUT2D eigenvalue weighted by molar-refractivity contribution is 0.0951. The molecule has 0 saturated heterocycles. The summed E-state index contributed by atoms with van der Waals surface area (Å²) in [5, 5.41) is 5.97. The van der Waals surface area contributed by atoms with E-state index in [2.05, 4.69) is 29.5 Å². The van der Waals surface area contributed by atoms with Gasteiger partial charge in [0.15, 0.2) is 5.96 Å². The summed E-state index contributed by atoms with van der Waals surface area (Å²) >= 11 is 0. The fourth-order valence-electron chi connectivity index (χ4n) is 1.85. The van der Waals surface area contributed by atoms with Crippen LogP contribution in [0.4, 0.5) is 0 Å². The molecule has 0 heterocycles. The van der Waals surface area contributed by atoms with Crippen LogP contribution in [0.1, 0.15) is 29.8 Å². The number of carbonyl (C=O) groups is 1. The highest BCUT2D eigenvalue weighted by Crippen LogP contribution is 2.06. The van der Waals surface area contributed by atoms with Crippen LogP contribution in [-0.2, 0) is 6.54 Å². The largest absolute Gasteiger partial charge is 0.370 e. The van der Waals surface area contributed by atoms with Crippen LogP contribution in [-0.4, -0.2) is 50.5 Å². The van der Waals surface area contributed by atoms with Crippen molar-refractivity contribution in [1.82, 2.24) is 15.5 Å². The molecule has 0 unspecified atom stereocenters. The number of nitrogens with zero attached hydrogens (tertiary/aromatic N) is 2. The SMILES string of the molecule is CC(C)CNC(N)=NCc1cccc(C(=O)NCCN(C)C)c1. The van der Waals surface area contributed by atoms with E-state index < -0.39 is 0 Å². The Morgan fingerprint density at radius 1 is 1.30 bits per heavy atom. The molecule has 1 aromatic rings. The predicted molar refractivity (Wildman–Crippen MR) is 95.5 cm³/mol. The van der Waals surface area contributed by atoms with Crippen LogP contribution in [0.25, 0.3) is 0 Å². The molecule has 0 aliphatic carbocycles. The van der Waals surface area contributed by atoms with Crippen LogP contribution in [0.3, 0.4) is 0 Å². The van der Waals surface area contributed by atoms with E-state index in [0.717, 1.165) is 18.7 Å². The number of likely N-dealkylation sites (N-methyl/N-ethyl adjacent to an activating group) is 1. The molecule has 1 amide bonds. The van der Waals surface area contributed by atoms with Gasteiger partial charge in [0.05, 0.1) is 6.54 Å². The maximum absolute atomic E-state index is 12.1. The Morgan fingerprint density at radius 2 is 2.04 bits per heavy atom.